The standard InChI is InChI=1S/C11H26N2O3S/c1-3-5-11(6-7-12)10-13-17(14,15)9-4-8-16-2/h11,13H,3-10,12H2,1-2H3. The molecule has 0 aliphatic rings. The lowest BCUT2D eigenvalue weighted by molar-refractivity contribution is 0.199. The SMILES string of the molecule is CCCC(CCN)CNS(=O)(=O)CCCOC. The third kappa shape index (κ3) is 9.52. The van der Waals surface area contributed by atoms with Crippen molar-refractivity contribution in [3.63, 3.8) is 0 Å². The second-order valence-electron chi connectivity index (χ2n) is 4.25. The van der Waals surface area contributed by atoms with E-state index in [9.17, 15) is 8.42 Å². The van der Waals surface area contributed by atoms with Crippen molar-refractivity contribution in [2.75, 3.05) is 32.6 Å². The van der Waals surface area contributed by atoms with Gasteiger partial charge < -0.3 is 10.5 Å². The molecule has 0 fully saturated rings. The predicted molar refractivity (Wildman–Crippen MR) is 70.4 cm³/mol. The van der Waals surface area contributed by atoms with Crippen LogP contribution < -0.4 is 10.5 Å². The molecule has 0 radical (unpaired) electrons. The van der Waals surface area contributed by atoms with Gasteiger partial charge in [-0.1, -0.05) is 13.3 Å². The maximum atomic E-state index is 11.6. The quantitative estimate of drug-likeness (QED) is 0.540. The molecule has 0 amide bonds. The van der Waals surface area contributed by atoms with E-state index in [0.717, 1.165) is 19.3 Å². The minimum atomic E-state index is -3.16. The summed E-state index contributed by atoms with van der Waals surface area (Å²) >= 11 is 0. The molecule has 17 heavy (non-hydrogen) atoms. The zero-order valence-electron chi connectivity index (χ0n) is 10.9. The van der Waals surface area contributed by atoms with Crippen LogP contribution in [0.1, 0.15) is 32.6 Å². The van der Waals surface area contributed by atoms with Gasteiger partial charge in [0.15, 0.2) is 0 Å². The number of nitrogens with one attached hydrogen (secondary N) is 1. The van der Waals surface area contributed by atoms with E-state index >= 15 is 0 Å². The lowest BCUT2D eigenvalue weighted by atomic mass is 10.0. The van der Waals surface area contributed by atoms with Crippen LogP contribution in [0, 0.1) is 5.92 Å². The van der Waals surface area contributed by atoms with Crippen LogP contribution >= 0.6 is 0 Å². The molecule has 0 aromatic carbocycles. The molecular formula is C11H26N2O3S. The van der Waals surface area contributed by atoms with Crippen molar-refractivity contribution in [3.05, 3.63) is 0 Å². The number of hydrogen-bond acceptors (Lipinski definition) is 4. The monoisotopic (exact) mass is 266 g/mol. The summed E-state index contributed by atoms with van der Waals surface area (Å²) in [5, 5.41) is 0. The highest BCUT2D eigenvalue weighted by Gasteiger charge is 2.13. The largest absolute Gasteiger partial charge is 0.385 e. The Bertz CT molecular complexity index is 262. The van der Waals surface area contributed by atoms with Crippen molar-refractivity contribution in [1.82, 2.24) is 4.72 Å². The smallest absolute Gasteiger partial charge is 0.211 e. The van der Waals surface area contributed by atoms with Crippen LogP contribution in [0.5, 0.6) is 0 Å². The molecule has 1 unspecified atom stereocenters. The lowest BCUT2D eigenvalue weighted by Gasteiger charge is -2.15. The minimum Gasteiger partial charge on any atom is -0.385 e. The Morgan fingerprint density at radius 1 is 1.35 bits per heavy atom. The first-order chi connectivity index (χ1) is 8.05. The lowest BCUT2D eigenvalue weighted by Crippen LogP contribution is -2.32. The van der Waals surface area contributed by atoms with E-state index in [1.165, 1.54) is 0 Å². The number of rotatable bonds is 11. The van der Waals surface area contributed by atoms with Gasteiger partial charge in [0.1, 0.15) is 0 Å². The van der Waals surface area contributed by atoms with Gasteiger partial charge in [-0.25, -0.2) is 13.1 Å². The zero-order chi connectivity index (χ0) is 13.1. The van der Waals surface area contributed by atoms with Crippen molar-refractivity contribution >= 4 is 10.0 Å². The Morgan fingerprint density at radius 2 is 2.06 bits per heavy atom. The Labute approximate surface area is 105 Å². The molecule has 0 spiro atoms. The summed E-state index contributed by atoms with van der Waals surface area (Å²) in [5.74, 6) is 0.477. The van der Waals surface area contributed by atoms with E-state index < -0.39 is 10.0 Å². The normalized spacial score (nSPS) is 13.8. The van der Waals surface area contributed by atoms with Crippen molar-refractivity contribution in [2.45, 2.75) is 32.6 Å². The molecule has 0 aromatic rings. The predicted octanol–water partition coefficient (Wildman–Crippen LogP) is 0.707. The van der Waals surface area contributed by atoms with Crippen LogP contribution in [-0.2, 0) is 14.8 Å². The fourth-order valence-corrected chi connectivity index (χ4v) is 2.83. The van der Waals surface area contributed by atoms with E-state index in [-0.39, 0.29) is 5.75 Å². The molecular weight excluding hydrogens is 240 g/mol. The zero-order valence-corrected chi connectivity index (χ0v) is 11.8. The van der Waals surface area contributed by atoms with E-state index in [2.05, 4.69) is 11.6 Å². The average molecular weight is 266 g/mol. The van der Waals surface area contributed by atoms with Gasteiger partial charge in [0.25, 0.3) is 0 Å². The topological polar surface area (TPSA) is 81.4 Å². The molecule has 6 heteroatoms. The molecule has 1 atom stereocenters. The first-order valence-corrected chi connectivity index (χ1v) is 7.87. The molecule has 3 N–H and O–H groups in total. The molecule has 0 rings (SSSR count). The molecule has 0 bridgehead atoms. The Kier molecular flexibility index (Phi) is 9.72. The second kappa shape index (κ2) is 9.82. The average Bonchev–Trinajstić information content (AvgIpc) is 2.27. The van der Waals surface area contributed by atoms with Gasteiger partial charge >= 0.3 is 0 Å². The number of nitrogens with two attached hydrogens (primary N) is 1. The van der Waals surface area contributed by atoms with Gasteiger partial charge in [-0.3, -0.25) is 0 Å². The van der Waals surface area contributed by atoms with Crippen molar-refractivity contribution in [1.29, 1.82) is 0 Å². The van der Waals surface area contributed by atoms with Crippen LogP contribution in [0.15, 0.2) is 0 Å². The van der Waals surface area contributed by atoms with Crippen LogP contribution in [0.2, 0.25) is 0 Å². The van der Waals surface area contributed by atoms with Gasteiger partial charge in [-0.05, 0) is 31.7 Å². The van der Waals surface area contributed by atoms with Crippen LogP contribution in [0.3, 0.4) is 0 Å². The summed E-state index contributed by atoms with van der Waals surface area (Å²) in [6.45, 7) is 3.68. The van der Waals surface area contributed by atoms with Gasteiger partial charge in [0.2, 0.25) is 10.0 Å². The molecule has 0 aliphatic carbocycles. The van der Waals surface area contributed by atoms with E-state index in [0.29, 0.717) is 32.0 Å². The van der Waals surface area contributed by atoms with Crippen molar-refractivity contribution in [2.24, 2.45) is 11.7 Å². The summed E-state index contributed by atoms with van der Waals surface area (Å²) in [6, 6.07) is 0. The summed E-state index contributed by atoms with van der Waals surface area (Å²) < 4.78 is 30.7. The number of hydrogen-bond donors (Lipinski definition) is 2. The Balaban J connectivity index is 3.95. The molecule has 0 saturated heterocycles. The number of methoxy groups -OCH3 is 1. The van der Waals surface area contributed by atoms with E-state index in [4.69, 9.17) is 10.5 Å². The molecule has 5 nitrogen and oxygen atoms in total. The van der Waals surface area contributed by atoms with Crippen LogP contribution in [0.4, 0.5) is 0 Å². The highest BCUT2D eigenvalue weighted by molar-refractivity contribution is 7.89. The summed E-state index contributed by atoms with van der Waals surface area (Å²) in [6.07, 6.45) is 3.46. The van der Waals surface area contributed by atoms with Crippen LogP contribution in [-0.4, -0.2) is 41.0 Å². The third-order valence-corrected chi connectivity index (χ3v) is 4.06. The summed E-state index contributed by atoms with van der Waals surface area (Å²) in [7, 11) is -1.59. The van der Waals surface area contributed by atoms with E-state index in [1.807, 2.05) is 0 Å². The van der Waals surface area contributed by atoms with E-state index in [1.54, 1.807) is 7.11 Å². The highest BCUT2D eigenvalue weighted by atomic mass is 32.2. The number of sulfonamides is 1. The van der Waals surface area contributed by atoms with Gasteiger partial charge in [-0.15, -0.1) is 0 Å². The first-order valence-electron chi connectivity index (χ1n) is 6.22. The van der Waals surface area contributed by atoms with Gasteiger partial charge in [0, 0.05) is 20.3 Å². The fraction of sp³-hybridized carbons (Fsp3) is 1.00. The first kappa shape index (κ1) is 16.8. The third-order valence-electron chi connectivity index (χ3n) is 2.63. The van der Waals surface area contributed by atoms with Crippen LogP contribution in [0.25, 0.3) is 0 Å². The second-order valence-corrected chi connectivity index (χ2v) is 6.17. The summed E-state index contributed by atoms with van der Waals surface area (Å²) in [4.78, 5) is 0. The number of ether oxygens (including phenoxy) is 1. The summed E-state index contributed by atoms with van der Waals surface area (Å²) in [5.41, 5.74) is 5.50. The fourth-order valence-electron chi connectivity index (χ4n) is 1.70. The molecule has 0 heterocycles. The minimum absolute atomic E-state index is 0.127. The molecule has 0 aromatic heterocycles. The molecule has 104 valence electrons. The highest BCUT2D eigenvalue weighted by Crippen LogP contribution is 2.09. The molecule has 0 saturated carbocycles. The maximum Gasteiger partial charge on any atom is 0.211 e. The Morgan fingerprint density at radius 3 is 2.59 bits per heavy atom. The maximum absolute atomic E-state index is 11.6. The molecule has 0 aliphatic heterocycles. The van der Waals surface area contributed by atoms with Crippen molar-refractivity contribution < 1.29 is 13.2 Å². The Hall–Kier alpha value is -0.170. The van der Waals surface area contributed by atoms with Gasteiger partial charge in [0.05, 0.1) is 5.75 Å². The van der Waals surface area contributed by atoms with Gasteiger partial charge in [-0.2, -0.15) is 0 Å². The van der Waals surface area contributed by atoms with Crippen molar-refractivity contribution in [3.8, 4) is 0 Å².